The van der Waals surface area contributed by atoms with Crippen LogP contribution in [0.25, 0.3) is 4.98 Å². The molecule has 0 aliphatic rings. The fourth-order valence-electron chi connectivity index (χ4n) is 0.699. The second-order valence-electron chi connectivity index (χ2n) is 1.97. The van der Waals surface area contributed by atoms with E-state index in [9.17, 15) is 0 Å². The molecule has 0 radical (unpaired) electrons. The van der Waals surface area contributed by atoms with E-state index >= 15 is 0 Å². The molecule has 0 bridgehead atoms. The molecular formula is C7H8N3+. The van der Waals surface area contributed by atoms with E-state index in [0.717, 1.165) is 5.56 Å². The highest BCUT2D eigenvalue weighted by Crippen LogP contribution is 2.11. The van der Waals surface area contributed by atoms with Gasteiger partial charge < -0.3 is 5.73 Å². The van der Waals surface area contributed by atoms with Crippen molar-refractivity contribution in [1.82, 2.24) is 0 Å². The minimum Gasteiger partial charge on any atom is -0.326 e. The van der Waals surface area contributed by atoms with Gasteiger partial charge in [-0.2, -0.15) is 0 Å². The Balaban J connectivity index is 2.93. The summed E-state index contributed by atoms with van der Waals surface area (Å²) in [7, 11) is 0. The standard InChI is InChI=1S/C7H8N3/c8-5-6-1-3-7(10-9)4-2-6/h1-4H,5,8H2/q+1. The summed E-state index contributed by atoms with van der Waals surface area (Å²) in [6.45, 7) is 0.520. The predicted molar refractivity (Wildman–Crippen MR) is 39.1 cm³/mol. The highest BCUT2D eigenvalue weighted by molar-refractivity contribution is 5.44. The van der Waals surface area contributed by atoms with Gasteiger partial charge in [0.2, 0.25) is 5.39 Å². The van der Waals surface area contributed by atoms with Crippen molar-refractivity contribution in [3.8, 4) is 0 Å². The van der Waals surface area contributed by atoms with Crippen LogP contribution in [0.2, 0.25) is 0 Å². The lowest BCUT2D eigenvalue weighted by molar-refractivity contribution is 1.07. The van der Waals surface area contributed by atoms with Gasteiger partial charge in [-0.25, -0.2) is 0 Å². The summed E-state index contributed by atoms with van der Waals surface area (Å²) in [6, 6.07) is 7.08. The van der Waals surface area contributed by atoms with Crippen molar-refractivity contribution >= 4 is 5.69 Å². The molecule has 1 rings (SSSR count). The molecule has 0 amide bonds. The quantitative estimate of drug-likeness (QED) is 0.593. The molecule has 0 saturated heterocycles. The van der Waals surface area contributed by atoms with Crippen LogP contribution in [0.15, 0.2) is 24.3 Å². The van der Waals surface area contributed by atoms with E-state index < -0.39 is 0 Å². The van der Waals surface area contributed by atoms with Crippen molar-refractivity contribution in [3.05, 3.63) is 34.8 Å². The molecule has 0 aliphatic carbocycles. The van der Waals surface area contributed by atoms with Gasteiger partial charge in [-0.1, -0.05) is 0 Å². The van der Waals surface area contributed by atoms with Gasteiger partial charge in [0.1, 0.15) is 0 Å². The number of diazo groups is 1. The normalized spacial score (nSPS) is 8.80. The lowest BCUT2D eigenvalue weighted by atomic mass is 10.2. The van der Waals surface area contributed by atoms with Gasteiger partial charge in [0.15, 0.2) is 4.98 Å². The monoisotopic (exact) mass is 134 g/mol. The van der Waals surface area contributed by atoms with Crippen molar-refractivity contribution in [1.29, 1.82) is 5.39 Å². The molecule has 3 nitrogen and oxygen atoms in total. The van der Waals surface area contributed by atoms with E-state index in [-0.39, 0.29) is 0 Å². The summed E-state index contributed by atoms with van der Waals surface area (Å²) < 4.78 is 0. The van der Waals surface area contributed by atoms with Crippen LogP contribution in [-0.2, 0) is 6.54 Å². The van der Waals surface area contributed by atoms with E-state index in [2.05, 4.69) is 4.98 Å². The zero-order valence-corrected chi connectivity index (χ0v) is 5.49. The number of nitrogens with two attached hydrogens (primary N) is 1. The van der Waals surface area contributed by atoms with E-state index in [1.54, 1.807) is 12.1 Å². The zero-order valence-electron chi connectivity index (χ0n) is 5.49. The number of nitrogens with zero attached hydrogens (tertiary/aromatic N) is 2. The maximum atomic E-state index is 8.29. The van der Waals surface area contributed by atoms with Crippen LogP contribution in [0.4, 0.5) is 5.69 Å². The van der Waals surface area contributed by atoms with Gasteiger partial charge in [-0.15, -0.1) is 0 Å². The predicted octanol–water partition coefficient (Wildman–Crippen LogP) is 1.63. The average molecular weight is 134 g/mol. The van der Waals surface area contributed by atoms with Crippen LogP contribution in [0.5, 0.6) is 0 Å². The highest BCUT2D eigenvalue weighted by atomic mass is 14.8. The summed E-state index contributed by atoms with van der Waals surface area (Å²) >= 11 is 0. The van der Waals surface area contributed by atoms with Crippen molar-refractivity contribution in [2.75, 3.05) is 0 Å². The molecule has 0 heterocycles. The van der Waals surface area contributed by atoms with Crippen LogP contribution in [0.1, 0.15) is 5.56 Å². The fourth-order valence-corrected chi connectivity index (χ4v) is 0.699. The molecule has 50 valence electrons. The molecule has 0 unspecified atom stereocenters. The van der Waals surface area contributed by atoms with Crippen molar-refractivity contribution < 1.29 is 0 Å². The van der Waals surface area contributed by atoms with Gasteiger partial charge in [0.05, 0.1) is 0 Å². The molecule has 0 aliphatic heterocycles. The maximum Gasteiger partial charge on any atom is 0.385 e. The molecule has 0 saturated carbocycles. The lowest BCUT2D eigenvalue weighted by Gasteiger charge is -1.88. The molecule has 3 heteroatoms. The second kappa shape index (κ2) is 2.95. The molecule has 1 aromatic rings. The number of hydrogen-bond donors (Lipinski definition) is 1. The smallest absolute Gasteiger partial charge is 0.326 e. The van der Waals surface area contributed by atoms with Gasteiger partial charge in [0.25, 0.3) is 0 Å². The van der Waals surface area contributed by atoms with Crippen LogP contribution in [0, 0.1) is 5.39 Å². The Bertz CT molecular complexity index is 245. The second-order valence-corrected chi connectivity index (χ2v) is 1.97. The Morgan fingerprint density at radius 1 is 1.30 bits per heavy atom. The molecule has 0 spiro atoms. The lowest BCUT2D eigenvalue weighted by Crippen LogP contribution is -1.94. The SMILES string of the molecule is N#[N+]c1ccc(CN)cc1. The van der Waals surface area contributed by atoms with Crippen molar-refractivity contribution in [3.63, 3.8) is 0 Å². The van der Waals surface area contributed by atoms with Gasteiger partial charge in [-0.05, 0) is 17.7 Å². The van der Waals surface area contributed by atoms with Crippen LogP contribution >= 0.6 is 0 Å². The molecular weight excluding hydrogens is 126 g/mol. The van der Waals surface area contributed by atoms with E-state index in [4.69, 9.17) is 11.1 Å². The van der Waals surface area contributed by atoms with Gasteiger partial charge in [-0.3, -0.25) is 0 Å². The summed E-state index contributed by atoms with van der Waals surface area (Å²) in [4.78, 5) is 3.01. The summed E-state index contributed by atoms with van der Waals surface area (Å²) in [5, 5.41) is 8.29. The first-order valence-corrected chi connectivity index (χ1v) is 3.01. The van der Waals surface area contributed by atoms with Crippen LogP contribution < -0.4 is 5.73 Å². The Morgan fingerprint density at radius 3 is 2.30 bits per heavy atom. The minimum absolute atomic E-state index is 0.520. The number of hydrogen-bond acceptors (Lipinski definition) is 2. The van der Waals surface area contributed by atoms with Crippen LogP contribution in [-0.4, -0.2) is 0 Å². The number of rotatable bonds is 1. The first-order valence-electron chi connectivity index (χ1n) is 3.01. The van der Waals surface area contributed by atoms with E-state index in [0.29, 0.717) is 12.2 Å². The molecule has 10 heavy (non-hydrogen) atoms. The number of benzene rings is 1. The fraction of sp³-hybridized carbons (Fsp3) is 0.143. The largest absolute Gasteiger partial charge is 0.385 e. The van der Waals surface area contributed by atoms with Gasteiger partial charge in [0, 0.05) is 18.7 Å². The molecule has 0 atom stereocenters. The summed E-state index contributed by atoms with van der Waals surface area (Å²) in [5.74, 6) is 0. The first-order chi connectivity index (χ1) is 4.86. The molecule has 2 N–H and O–H groups in total. The third kappa shape index (κ3) is 1.30. The van der Waals surface area contributed by atoms with Gasteiger partial charge >= 0.3 is 5.69 Å². The van der Waals surface area contributed by atoms with Crippen molar-refractivity contribution in [2.45, 2.75) is 6.54 Å². The Kier molecular flexibility index (Phi) is 1.98. The molecule has 1 aromatic carbocycles. The zero-order chi connectivity index (χ0) is 7.40. The Labute approximate surface area is 59.1 Å². The third-order valence-corrected chi connectivity index (χ3v) is 1.29. The van der Waals surface area contributed by atoms with E-state index in [1.807, 2.05) is 12.1 Å². The molecule has 0 aromatic heterocycles. The average Bonchev–Trinajstić information content (AvgIpc) is 2.05. The first kappa shape index (κ1) is 6.72. The molecule has 0 fully saturated rings. The van der Waals surface area contributed by atoms with E-state index in [1.165, 1.54) is 0 Å². The Morgan fingerprint density at radius 2 is 1.90 bits per heavy atom. The summed E-state index contributed by atoms with van der Waals surface area (Å²) in [5.41, 5.74) is 6.94. The third-order valence-electron chi connectivity index (χ3n) is 1.29. The topological polar surface area (TPSA) is 54.2 Å². The minimum atomic E-state index is 0.520. The maximum absolute atomic E-state index is 8.29. The highest BCUT2D eigenvalue weighted by Gasteiger charge is 2.00. The van der Waals surface area contributed by atoms with Crippen LogP contribution in [0.3, 0.4) is 0 Å². The summed E-state index contributed by atoms with van der Waals surface area (Å²) in [6.07, 6.45) is 0. The van der Waals surface area contributed by atoms with Crippen molar-refractivity contribution in [2.24, 2.45) is 5.73 Å². The Hall–Kier alpha value is -1.40.